The zero-order valence-corrected chi connectivity index (χ0v) is 15.9. The molecule has 8 heteroatoms. The maximum atomic E-state index is 12.5. The highest BCUT2D eigenvalue weighted by molar-refractivity contribution is 5.92. The maximum Gasteiger partial charge on any atom is 0.338 e. The van der Waals surface area contributed by atoms with E-state index < -0.39 is 11.9 Å². The number of para-hydroxylation sites is 1. The number of hydrogen-bond donors (Lipinski definition) is 2. The molecule has 2 N–H and O–H groups in total. The maximum absolute atomic E-state index is 12.5. The highest BCUT2D eigenvalue weighted by atomic mass is 16.5. The lowest BCUT2D eigenvalue weighted by Crippen LogP contribution is -2.31. The summed E-state index contributed by atoms with van der Waals surface area (Å²) in [5.74, 6) is -0.592. The summed E-state index contributed by atoms with van der Waals surface area (Å²) in [6.45, 7) is 0.325. The van der Waals surface area contributed by atoms with Crippen molar-refractivity contribution in [3.63, 3.8) is 0 Å². The van der Waals surface area contributed by atoms with Crippen molar-refractivity contribution in [3.8, 4) is 0 Å². The number of carbonyl (C=O) groups excluding carboxylic acids is 2. The van der Waals surface area contributed by atoms with Crippen LogP contribution in [0.1, 0.15) is 21.7 Å². The second-order valence-electron chi connectivity index (χ2n) is 6.28. The summed E-state index contributed by atoms with van der Waals surface area (Å²) in [7, 11) is 1.53. The lowest BCUT2D eigenvalue weighted by atomic mass is 10.0. The standard InChI is InChI=1S/C21H21N3O5/c1-28-11-10-22-19(25)13-29-21(27)15-7-3-2-6-14(15)12-18-23-17-9-5-4-8-16(17)20(26)24-18/h2-9H,10-13H2,1H3,(H,22,25)(H,23,24,26). The van der Waals surface area contributed by atoms with Crippen LogP contribution in [0.15, 0.2) is 53.3 Å². The normalized spacial score (nSPS) is 10.7. The van der Waals surface area contributed by atoms with Gasteiger partial charge in [0.15, 0.2) is 6.61 Å². The Kier molecular flexibility index (Phi) is 6.70. The highest BCUT2D eigenvalue weighted by Crippen LogP contribution is 2.15. The van der Waals surface area contributed by atoms with E-state index in [-0.39, 0.29) is 18.6 Å². The van der Waals surface area contributed by atoms with E-state index in [2.05, 4.69) is 15.3 Å². The lowest BCUT2D eigenvalue weighted by molar-refractivity contribution is -0.124. The minimum absolute atomic E-state index is 0.238. The van der Waals surface area contributed by atoms with E-state index in [1.54, 1.807) is 42.5 Å². The van der Waals surface area contributed by atoms with Gasteiger partial charge >= 0.3 is 5.97 Å². The number of nitrogens with one attached hydrogen (secondary N) is 2. The minimum atomic E-state index is -0.620. The molecule has 150 valence electrons. The summed E-state index contributed by atoms with van der Waals surface area (Å²) < 4.78 is 9.95. The third-order valence-electron chi connectivity index (χ3n) is 4.22. The van der Waals surface area contributed by atoms with Gasteiger partial charge in [0.1, 0.15) is 5.82 Å². The first kappa shape index (κ1) is 20.2. The number of rotatable bonds is 8. The zero-order valence-electron chi connectivity index (χ0n) is 15.9. The third-order valence-corrected chi connectivity index (χ3v) is 4.22. The van der Waals surface area contributed by atoms with Crippen molar-refractivity contribution in [2.45, 2.75) is 6.42 Å². The number of aromatic amines is 1. The number of H-pyrrole nitrogens is 1. The first-order valence-electron chi connectivity index (χ1n) is 9.07. The van der Waals surface area contributed by atoms with Gasteiger partial charge in [-0.15, -0.1) is 0 Å². The van der Waals surface area contributed by atoms with E-state index in [9.17, 15) is 14.4 Å². The fourth-order valence-electron chi connectivity index (χ4n) is 2.82. The van der Waals surface area contributed by atoms with Crippen LogP contribution in [0.5, 0.6) is 0 Å². The number of esters is 1. The van der Waals surface area contributed by atoms with Gasteiger partial charge in [-0.1, -0.05) is 30.3 Å². The molecule has 1 heterocycles. The number of aromatic nitrogens is 2. The van der Waals surface area contributed by atoms with Crippen LogP contribution in [0.4, 0.5) is 0 Å². The largest absolute Gasteiger partial charge is 0.452 e. The van der Waals surface area contributed by atoms with Crippen molar-refractivity contribution in [3.05, 3.63) is 75.8 Å². The Morgan fingerprint density at radius 3 is 2.69 bits per heavy atom. The molecule has 0 radical (unpaired) electrons. The molecule has 29 heavy (non-hydrogen) atoms. The number of amides is 1. The van der Waals surface area contributed by atoms with Crippen LogP contribution >= 0.6 is 0 Å². The topological polar surface area (TPSA) is 110 Å². The van der Waals surface area contributed by atoms with Crippen LogP contribution < -0.4 is 10.9 Å². The van der Waals surface area contributed by atoms with Gasteiger partial charge < -0.3 is 19.8 Å². The number of nitrogens with zero attached hydrogens (tertiary/aromatic N) is 1. The molecule has 1 aromatic heterocycles. The Morgan fingerprint density at radius 2 is 1.86 bits per heavy atom. The summed E-state index contributed by atoms with van der Waals surface area (Å²) in [6, 6.07) is 13.9. The first-order chi connectivity index (χ1) is 14.1. The van der Waals surface area contributed by atoms with E-state index in [0.29, 0.717) is 41.0 Å². The Hall–Kier alpha value is -3.52. The molecule has 2 aromatic carbocycles. The Balaban J connectivity index is 1.73. The van der Waals surface area contributed by atoms with E-state index in [0.717, 1.165) is 0 Å². The Labute approximate surface area is 166 Å². The van der Waals surface area contributed by atoms with Gasteiger partial charge in [0.2, 0.25) is 0 Å². The number of hydrogen-bond acceptors (Lipinski definition) is 6. The van der Waals surface area contributed by atoms with Gasteiger partial charge in [0.05, 0.1) is 23.1 Å². The lowest BCUT2D eigenvalue weighted by Gasteiger charge is -2.10. The van der Waals surface area contributed by atoms with Crippen molar-refractivity contribution < 1.29 is 19.1 Å². The molecule has 0 aliphatic heterocycles. The quantitative estimate of drug-likeness (QED) is 0.441. The number of methoxy groups -OCH3 is 1. The van der Waals surface area contributed by atoms with E-state index in [4.69, 9.17) is 9.47 Å². The fourth-order valence-corrected chi connectivity index (χ4v) is 2.82. The summed E-state index contributed by atoms with van der Waals surface area (Å²) >= 11 is 0. The summed E-state index contributed by atoms with van der Waals surface area (Å²) in [4.78, 5) is 43.6. The number of fused-ring (bicyclic) bond motifs is 1. The molecular weight excluding hydrogens is 374 g/mol. The summed E-state index contributed by atoms with van der Waals surface area (Å²) in [5, 5.41) is 3.08. The molecule has 0 saturated carbocycles. The monoisotopic (exact) mass is 395 g/mol. The van der Waals surface area contributed by atoms with Gasteiger partial charge in [-0.2, -0.15) is 0 Å². The van der Waals surface area contributed by atoms with Crippen molar-refractivity contribution in [1.29, 1.82) is 0 Å². The van der Waals surface area contributed by atoms with Gasteiger partial charge in [-0.3, -0.25) is 9.59 Å². The van der Waals surface area contributed by atoms with E-state index in [1.165, 1.54) is 7.11 Å². The van der Waals surface area contributed by atoms with Crippen LogP contribution in [-0.4, -0.2) is 48.7 Å². The molecule has 0 spiro atoms. The number of ether oxygens (including phenoxy) is 2. The van der Waals surface area contributed by atoms with Crippen LogP contribution in [0, 0.1) is 0 Å². The van der Waals surface area contributed by atoms with Crippen molar-refractivity contribution >= 4 is 22.8 Å². The average Bonchev–Trinajstić information content (AvgIpc) is 2.73. The molecule has 3 rings (SSSR count). The van der Waals surface area contributed by atoms with Crippen molar-refractivity contribution in [2.75, 3.05) is 26.9 Å². The van der Waals surface area contributed by atoms with E-state index >= 15 is 0 Å². The molecule has 0 fully saturated rings. The molecule has 0 aliphatic rings. The molecule has 1 amide bonds. The first-order valence-corrected chi connectivity index (χ1v) is 9.07. The second-order valence-corrected chi connectivity index (χ2v) is 6.28. The molecule has 0 bridgehead atoms. The van der Waals surface area contributed by atoms with Gasteiger partial charge in [0.25, 0.3) is 11.5 Å². The fraction of sp³-hybridized carbons (Fsp3) is 0.238. The zero-order chi connectivity index (χ0) is 20.6. The average molecular weight is 395 g/mol. The van der Waals surface area contributed by atoms with Gasteiger partial charge in [0, 0.05) is 20.1 Å². The molecule has 0 unspecified atom stereocenters. The SMILES string of the molecule is COCCNC(=O)COC(=O)c1ccccc1Cc1nc2ccccc2c(=O)[nH]1. The second kappa shape index (κ2) is 9.61. The Morgan fingerprint density at radius 1 is 1.10 bits per heavy atom. The molecule has 3 aromatic rings. The summed E-state index contributed by atoms with van der Waals surface area (Å²) in [5.41, 5.74) is 1.29. The van der Waals surface area contributed by atoms with Crippen LogP contribution in [0.2, 0.25) is 0 Å². The third kappa shape index (κ3) is 5.26. The summed E-state index contributed by atoms with van der Waals surface area (Å²) in [6.07, 6.45) is 0.241. The molecule has 0 aliphatic carbocycles. The van der Waals surface area contributed by atoms with Gasteiger partial charge in [-0.25, -0.2) is 9.78 Å². The smallest absolute Gasteiger partial charge is 0.338 e. The van der Waals surface area contributed by atoms with Gasteiger partial charge in [-0.05, 0) is 23.8 Å². The Bertz CT molecular complexity index is 1080. The predicted octanol–water partition coefficient (Wildman–Crippen LogP) is 1.43. The molecular formula is C21H21N3O5. The van der Waals surface area contributed by atoms with Crippen LogP contribution in [-0.2, 0) is 20.7 Å². The van der Waals surface area contributed by atoms with E-state index in [1.807, 2.05) is 6.07 Å². The number of benzene rings is 2. The van der Waals surface area contributed by atoms with Crippen molar-refractivity contribution in [2.24, 2.45) is 0 Å². The molecule has 0 atom stereocenters. The van der Waals surface area contributed by atoms with Crippen LogP contribution in [0.3, 0.4) is 0 Å². The molecule has 0 saturated heterocycles. The van der Waals surface area contributed by atoms with Crippen LogP contribution in [0.25, 0.3) is 10.9 Å². The minimum Gasteiger partial charge on any atom is -0.452 e. The number of carbonyl (C=O) groups is 2. The van der Waals surface area contributed by atoms with Crippen molar-refractivity contribution in [1.82, 2.24) is 15.3 Å². The predicted molar refractivity (Wildman–Crippen MR) is 107 cm³/mol. The molecule has 8 nitrogen and oxygen atoms in total. The highest BCUT2D eigenvalue weighted by Gasteiger charge is 2.15.